The van der Waals surface area contributed by atoms with Crippen molar-refractivity contribution in [3.63, 3.8) is 0 Å². The molecule has 0 amide bonds. The van der Waals surface area contributed by atoms with Crippen LogP contribution in [-0.4, -0.2) is 7.05 Å². The number of benzene rings is 2. The molecular weight excluding hydrogens is 273 g/mol. The normalized spacial score (nSPS) is 7.12. The number of anilines is 1. The summed E-state index contributed by atoms with van der Waals surface area (Å²) in [6.07, 6.45) is 0. The predicted molar refractivity (Wildman–Crippen MR) is 65.1 cm³/mol. The van der Waals surface area contributed by atoms with Crippen molar-refractivity contribution >= 4 is 5.69 Å². The van der Waals surface area contributed by atoms with E-state index < -0.39 is 0 Å². The molecule has 0 spiro atoms. The fraction of sp³-hybridized carbons (Fsp3) is 0.0769. The molecule has 2 nitrogen and oxygen atoms in total. The predicted octanol–water partition coefficient (Wildman–Crippen LogP) is 2.13. The molecule has 0 aliphatic rings. The molecule has 0 aliphatic carbocycles. The first-order valence-electron chi connectivity index (χ1n) is 4.60. The van der Waals surface area contributed by atoms with Crippen molar-refractivity contribution in [2.45, 2.75) is 0 Å². The third-order valence-electron chi connectivity index (χ3n) is 1.34. The third-order valence-corrected chi connectivity index (χ3v) is 1.34. The Morgan fingerprint density at radius 1 is 0.875 bits per heavy atom. The molecule has 0 heterocycles. The van der Waals surface area contributed by atoms with E-state index in [1.807, 2.05) is 48.5 Å². The van der Waals surface area contributed by atoms with E-state index >= 15 is 0 Å². The first-order chi connectivity index (χ1) is 7.39. The average Bonchev–Trinajstić information content (AvgIpc) is 2.36. The van der Waals surface area contributed by atoms with Crippen molar-refractivity contribution in [3.05, 3.63) is 66.7 Å². The zero-order valence-electron chi connectivity index (χ0n) is 9.43. The Morgan fingerprint density at radius 2 is 1.44 bits per heavy atom. The molecule has 0 bridgehead atoms. The Kier molecular flexibility index (Phi) is 15.8. The summed E-state index contributed by atoms with van der Waals surface area (Å²) in [5, 5.41) is 0. The van der Waals surface area contributed by atoms with Crippen molar-refractivity contribution in [3.8, 4) is 0 Å². The van der Waals surface area contributed by atoms with E-state index in [1.165, 1.54) is 7.05 Å². The van der Waals surface area contributed by atoms with Gasteiger partial charge in [-0.2, -0.15) is 66.7 Å². The fourth-order valence-electron chi connectivity index (χ4n) is 0.749. The summed E-state index contributed by atoms with van der Waals surface area (Å²) in [4.78, 5) is 0. The molecule has 0 saturated heterocycles. The molecule has 3 heteroatoms. The van der Waals surface area contributed by atoms with Gasteiger partial charge in [0.15, 0.2) is 0 Å². The summed E-state index contributed by atoms with van der Waals surface area (Å²) >= 11 is 0. The molecule has 0 unspecified atom stereocenters. The average molecular weight is 289 g/mol. The Bertz CT molecular complexity index is 284. The number of hydrogen-bond donors (Lipinski definition) is 2. The Labute approximate surface area is 123 Å². The molecule has 1 radical (unpaired) electrons. The van der Waals surface area contributed by atoms with Gasteiger partial charge in [0.2, 0.25) is 0 Å². The first kappa shape index (κ1) is 17.7. The van der Waals surface area contributed by atoms with Crippen molar-refractivity contribution in [2.75, 3.05) is 12.8 Å². The summed E-state index contributed by atoms with van der Waals surface area (Å²) in [5.41, 5.74) is 10.6. The van der Waals surface area contributed by atoms with Crippen LogP contribution in [0.25, 0.3) is 0 Å². The molecule has 0 aromatic heterocycles. The van der Waals surface area contributed by atoms with Gasteiger partial charge in [-0.05, 0) is 7.05 Å². The van der Waals surface area contributed by atoms with E-state index in [4.69, 9.17) is 5.73 Å². The summed E-state index contributed by atoms with van der Waals surface area (Å²) in [6.45, 7) is 0. The molecule has 83 valence electrons. The molecule has 0 fully saturated rings. The smallest absolute Gasteiger partial charge is 0 e. The molecule has 0 saturated carbocycles. The van der Waals surface area contributed by atoms with E-state index in [0.717, 1.165) is 5.69 Å². The second-order valence-corrected chi connectivity index (χ2v) is 2.41. The Hall–Kier alpha value is -0.696. The summed E-state index contributed by atoms with van der Waals surface area (Å²) in [7, 11) is 1.50. The van der Waals surface area contributed by atoms with Gasteiger partial charge < -0.3 is 11.5 Å². The van der Waals surface area contributed by atoms with Gasteiger partial charge in [-0.3, -0.25) is 0 Å². The van der Waals surface area contributed by atoms with Crippen LogP contribution in [0.4, 0.5) is 5.69 Å². The minimum absolute atomic E-state index is 0. The van der Waals surface area contributed by atoms with Crippen molar-refractivity contribution in [1.82, 2.24) is 0 Å². The van der Waals surface area contributed by atoms with Crippen molar-refractivity contribution < 1.29 is 32.7 Å². The van der Waals surface area contributed by atoms with Crippen LogP contribution in [-0.2, 0) is 32.7 Å². The van der Waals surface area contributed by atoms with Gasteiger partial charge in [-0.15, -0.1) is 0 Å². The molecule has 2 aromatic carbocycles. The standard InChI is InChI=1S/C6H6N.C6H5.CH5N.Y/c7-6-4-2-1-3-5-6;1-2-4-6-5-3-1;1-2;/h1-2,4-5H,7H2;1-5H;2H2,1H3;/q2*-1;;. The molecule has 4 N–H and O–H groups in total. The van der Waals surface area contributed by atoms with E-state index in [-0.39, 0.29) is 32.7 Å². The first-order valence-corrected chi connectivity index (χ1v) is 4.60. The van der Waals surface area contributed by atoms with Crippen LogP contribution in [0, 0.1) is 12.1 Å². The zero-order valence-corrected chi connectivity index (χ0v) is 12.3. The van der Waals surface area contributed by atoms with Crippen LogP contribution >= 0.6 is 0 Å². The minimum atomic E-state index is 0. The van der Waals surface area contributed by atoms with Crippen LogP contribution in [0.15, 0.2) is 54.6 Å². The molecule has 16 heavy (non-hydrogen) atoms. The Balaban J connectivity index is 0. The van der Waals surface area contributed by atoms with Crippen LogP contribution in [0.2, 0.25) is 0 Å². The fourth-order valence-corrected chi connectivity index (χ4v) is 0.749. The van der Waals surface area contributed by atoms with Crippen LogP contribution in [0.3, 0.4) is 0 Å². The summed E-state index contributed by atoms with van der Waals surface area (Å²) < 4.78 is 0. The third kappa shape index (κ3) is 11.4. The number of rotatable bonds is 0. The maximum Gasteiger partial charge on any atom is 0 e. The number of hydrogen-bond acceptors (Lipinski definition) is 2. The van der Waals surface area contributed by atoms with Gasteiger partial charge in [-0.25, -0.2) is 0 Å². The van der Waals surface area contributed by atoms with E-state index in [0.29, 0.717) is 0 Å². The number of nitrogen functional groups attached to an aromatic ring is 1. The maximum atomic E-state index is 5.33. The van der Waals surface area contributed by atoms with E-state index in [2.05, 4.69) is 17.9 Å². The summed E-state index contributed by atoms with van der Waals surface area (Å²) in [6, 6.07) is 22.6. The van der Waals surface area contributed by atoms with Gasteiger partial charge in [0, 0.05) is 32.7 Å². The molecule has 2 aromatic rings. The van der Waals surface area contributed by atoms with E-state index in [1.54, 1.807) is 6.07 Å². The van der Waals surface area contributed by atoms with Gasteiger partial charge in [0.05, 0.1) is 0 Å². The topological polar surface area (TPSA) is 52.0 Å². The second kappa shape index (κ2) is 14.3. The van der Waals surface area contributed by atoms with E-state index in [9.17, 15) is 0 Å². The maximum absolute atomic E-state index is 5.33. The van der Waals surface area contributed by atoms with Crippen molar-refractivity contribution in [2.24, 2.45) is 5.73 Å². The van der Waals surface area contributed by atoms with Crippen LogP contribution in [0.1, 0.15) is 0 Å². The zero-order chi connectivity index (χ0) is 11.4. The quantitative estimate of drug-likeness (QED) is 0.576. The minimum Gasteiger partial charge on any atom is -0.449 e. The molecule has 2 rings (SSSR count). The largest absolute Gasteiger partial charge is 0.449 e. The van der Waals surface area contributed by atoms with Crippen LogP contribution in [0.5, 0.6) is 0 Å². The Morgan fingerprint density at radius 3 is 1.62 bits per heavy atom. The van der Waals surface area contributed by atoms with Crippen LogP contribution < -0.4 is 11.5 Å². The van der Waals surface area contributed by atoms with Gasteiger partial charge in [-0.1, -0.05) is 5.69 Å². The van der Waals surface area contributed by atoms with Gasteiger partial charge >= 0.3 is 0 Å². The number of nitrogens with two attached hydrogens (primary N) is 2. The molecule has 0 aliphatic heterocycles. The molecule has 0 atom stereocenters. The summed E-state index contributed by atoms with van der Waals surface area (Å²) in [5.74, 6) is 0. The molecular formula is C13H16N2Y-2. The van der Waals surface area contributed by atoms with Gasteiger partial charge in [0.25, 0.3) is 0 Å². The monoisotopic (exact) mass is 289 g/mol. The van der Waals surface area contributed by atoms with Gasteiger partial charge in [0.1, 0.15) is 0 Å². The second-order valence-electron chi connectivity index (χ2n) is 2.41. The van der Waals surface area contributed by atoms with Crippen molar-refractivity contribution in [1.29, 1.82) is 0 Å². The SMILES string of the molecule is CN.Nc1c[c-]ccc1.[Y].[c-]1ccccc1.